The van der Waals surface area contributed by atoms with Crippen LogP contribution in [0.1, 0.15) is 5.56 Å². The van der Waals surface area contributed by atoms with Crippen LogP contribution in [0.25, 0.3) is 0 Å². The fourth-order valence-electron chi connectivity index (χ4n) is 2.67. The van der Waals surface area contributed by atoms with E-state index in [0.29, 0.717) is 36.2 Å². The van der Waals surface area contributed by atoms with E-state index in [2.05, 4.69) is 0 Å². The minimum absolute atomic E-state index is 0.0381. The Balaban J connectivity index is 1.74. The van der Waals surface area contributed by atoms with Crippen LogP contribution in [-0.4, -0.2) is 40.4 Å². The average molecular weight is 343 g/mol. The number of rotatable bonds is 5. The van der Waals surface area contributed by atoms with Crippen LogP contribution >= 0.6 is 0 Å². The van der Waals surface area contributed by atoms with Crippen molar-refractivity contribution in [1.29, 1.82) is 0 Å². The molecule has 2 aromatic carbocycles. The van der Waals surface area contributed by atoms with E-state index < -0.39 is 0 Å². The maximum absolute atomic E-state index is 12.6. The number of benzene rings is 2. The third-order valence-electron chi connectivity index (χ3n) is 4.09. The van der Waals surface area contributed by atoms with Crippen molar-refractivity contribution in [2.24, 2.45) is 0 Å². The molecule has 6 nitrogen and oxygen atoms in total. The Hall–Kier alpha value is -2.89. The summed E-state index contributed by atoms with van der Waals surface area (Å²) < 4.78 is 21.6. The summed E-state index contributed by atoms with van der Waals surface area (Å²) >= 11 is 0. The van der Waals surface area contributed by atoms with E-state index in [4.69, 9.17) is 18.9 Å². The number of ether oxygens (including phenoxy) is 4. The summed E-state index contributed by atoms with van der Waals surface area (Å²) in [5.74, 6) is 2.57. The molecule has 3 rings (SSSR count). The number of carbonyl (C=O) groups is 1. The lowest BCUT2D eigenvalue weighted by molar-refractivity contribution is -0.117. The van der Waals surface area contributed by atoms with Gasteiger partial charge in [0.25, 0.3) is 0 Å². The lowest BCUT2D eigenvalue weighted by Gasteiger charge is -2.22. The van der Waals surface area contributed by atoms with E-state index in [1.165, 1.54) is 0 Å². The van der Waals surface area contributed by atoms with Gasteiger partial charge in [0.15, 0.2) is 23.0 Å². The van der Waals surface area contributed by atoms with Gasteiger partial charge in [-0.05, 0) is 29.8 Å². The summed E-state index contributed by atoms with van der Waals surface area (Å²) in [5.41, 5.74) is 1.61. The van der Waals surface area contributed by atoms with Crippen LogP contribution in [0.5, 0.6) is 23.0 Å². The molecule has 0 aliphatic carbocycles. The molecule has 0 radical (unpaired) electrons. The second-order valence-electron chi connectivity index (χ2n) is 5.65. The zero-order valence-corrected chi connectivity index (χ0v) is 14.6. The molecule has 0 unspecified atom stereocenters. The molecule has 0 spiro atoms. The molecule has 0 bridgehead atoms. The minimum Gasteiger partial charge on any atom is -0.493 e. The van der Waals surface area contributed by atoms with Crippen molar-refractivity contribution in [2.45, 2.75) is 6.42 Å². The standard InChI is InChI=1S/C19H21NO5/c1-20(14-5-7-16-18(12-14)25-9-8-24-16)19(21)11-13-4-6-15(22-2)17(10-13)23-3/h4-7,10,12H,8-9,11H2,1-3H3. The summed E-state index contributed by atoms with van der Waals surface area (Å²) in [6.07, 6.45) is 0.255. The first-order chi connectivity index (χ1) is 12.1. The van der Waals surface area contributed by atoms with Gasteiger partial charge in [-0.25, -0.2) is 0 Å². The highest BCUT2D eigenvalue weighted by Gasteiger charge is 2.17. The molecule has 1 aliphatic rings. The lowest BCUT2D eigenvalue weighted by Crippen LogP contribution is -2.28. The number of carbonyl (C=O) groups excluding carboxylic acids is 1. The lowest BCUT2D eigenvalue weighted by atomic mass is 10.1. The Morgan fingerprint density at radius 2 is 1.72 bits per heavy atom. The van der Waals surface area contributed by atoms with Gasteiger partial charge in [-0.1, -0.05) is 6.07 Å². The van der Waals surface area contributed by atoms with Gasteiger partial charge in [0.2, 0.25) is 5.91 Å². The zero-order valence-electron chi connectivity index (χ0n) is 14.6. The van der Waals surface area contributed by atoms with Crippen molar-refractivity contribution in [2.75, 3.05) is 39.4 Å². The molecule has 0 saturated heterocycles. The molecule has 1 aliphatic heterocycles. The van der Waals surface area contributed by atoms with Gasteiger partial charge in [0.05, 0.1) is 20.6 Å². The van der Waals surface area contributed by atoms with Gasteiger partial charge in [-0.15, -0.1) is 0 Å². The molecule has 1 heterocycles. The molecule has 0 saturated carbocycles. The number of likely N-dealkylation sites (N-methyl/N-ethyl adjacent to an activating group) is 1. The molecule has 132 valence electrons. The number of methoxy groups -OCH3 is 2. The van der Waals surface area contributed by atoms with Crippen LogP contribution in [0.2, 0.25) is 0 Å². The van der Waals surface area contributed by atoms with Crippen LogP contribution in [0, 0.1) is 0 Å². The van der Waals surface area contributed by atoms with Crippen LogP contribution in [-0.2, 0) is 11.2 Å². The van der Waals surface area contributed by atoms with Crippen LogP contribution < -0.4 is 23.8 Å². The van der Waals surface area contributed by atoms with Crippen LogP contribution in [0.4, 0.5) is 5.69 Å². The molecular formula is C19H21NO5. The van der Waals surface area contributed by atoms with Gasteiger partial charge >= 0.3 is 0 Å². The number of amides is 1. The first kappa shape index (κ1) is 17.0. The quantitative estimate of drug-likeness (QED) is 0.835. The Morgan fingerprint density at radius 1 is 1.00 bits per heavy atom. The van der Waals surface area contributed by atoms with Gasteiger partial charge in [-0.3, -0.25) is 4.79 Å². The van der Waals surface area contributed by atoms with E-state index in [0.717, 1.165) is 11.3 Å². The largest absolute Gasteiger partial charge is 0.493 e. The summed E-state index contributed by atoms with van der Waals surface area (Å²) in [6.45, 7) is 1.06. The average Bonchev–Trinajstić information content (AvgIpc) is 2.66. The molecule has 6 heteroatoms. The third-order valence-corrected chi connectivity index (χ3v) is 4.09. The fraction of sp³-hybridized carbons (Fsp3) is 0.316. The Kier molecular flexibility index (Phi) is 4.97. The zero-order chi connectivity index (χ0) is 17.8. The number of hydrogen-bond donors (Lipinski definition) is 0. The summed E-state index contributed by atoms with van der Waals surface area (Å²) in [6, 6.07) is 11.0. The summed E-state index contributed by atoms with van der Waals surface area (Å²) in [5, 5.41) is 0. The van der Waals surface area contributed by atoms with Crippen LogP contribution in [0.15, 0.2) is 36.4 Å². The highest BCUT2D eigenvalue weighted by Crippen LogP contribution is 2.34. The highest BCUT2D eigenvalue weighted by atomic mass is 16.6. The van der Waals surface area contributed by atoms with Crippen molar-refractivity contribution >= 4 is 11.6 Å². The van der Waals surface area contributed by atoms with Gasteiger partial charge in [0.1, 0.15) is 13.2 Å². The minimum atomic E-state index is -0.0381. The third kappa shape index (κ3) is 3.63. The van der Waals surface area contributed by atoms with E-state index in [1.54, 1.807) is 32.2 Å². The normalized spacial score (nSPS) is 12.4. The Bertz CT molecular complexity index is 774. The van der Waals surface area contributed by atoms with Crippen molar-refractivity contribution in [1.82, 2.24) is 0 Å². The van der Waals surface area contributed by atoms with Gasteiger partial charge < -0.3 is 23.8 Å². The first-order valence-electron chi connectivity index (χ1n) is 7.99. The molecule has 25 heavy (non-hydrogen) atoms. The number of fused-ring (bicyclic) bond motifs is 1. The smallest absolute Gasteiger partial charge is 0.231 e. The molecule has 1 amide bonds. The summed E-state index contributed by atoms with van der Waals surface area (Å²) in [7, 11) is 4.90. The van der Waals surface area contributed by atoms with Gasteiger partial charge in [-0.2, -0.15) is 0 Å². The van der Waals surface area contributed by atoms with E-state index in [9.17, 15) is 4.79 Å². The maximum atomic E-state index is 12.6. The second kappa shape index (κ2) is 7.34. The van der Waals surface area contributed by atoms with Crippen molar-refractivity contribution < 1.29 is 23.7 Å². The van der Waals surface area contributed by atoms with E-state index in [1.807, 2.05) is 30.3 Å². The maximum Gasteiger partial charge on any atom is 0.231 e. The number of nitrogens with zero attached hydrogens (tertiary/aromatic N) is 1. The predicted octanol–water partition coefficient (Wildman–Crippen LogP) is 2.68. The molecule has 0 N–H and O–H groups in total. The van der Waals surface area contributed by atoms with Crippen molar-refractivity contribution in [3.63, 3.8) is 0 Å². The molecule has 0 atom stereocenters. The van der Waals surface area contributed by atoms with E-state index >= 15 is 0 Å². The van der Waals surface area contributed by atoms with Crippen molar-refractivity contribution in [3.8, 4) is 23.0 Å². The Morgan fingerprint density at radius 3 is 2.44 bits per heavy atom. The monoisotopic (exact) mass is 343 g/mol. The Labute approximate surface area is 146 Å². The molecule has 2 aromatic rings. The topological polar surface area (TPSA) is 57.2 Å². The van der Waals surface area contributed by atoms with Gasteiger partial charge in [0, 0.05) is 18.8 Å². The molecular weight excluding hydrogens is 322 g/mol. The summed E-state index contributed by atoms with van der Waals surface area (Å²) in [4.78, 5) is 14.2. The fourth-order valence-corrected chi connectivity index (χ4v) is 2.67. The molecule has 0 fully saturated rings. The predicted molar refractivity (Wildman–Crippen MR) is 94.1 cm³/mol. The van der Waals surface area contributed by atoms with E-state index in [-0.39, 0.29) is 12.3 Å². The second-order valence-corrected chi connectivity index (χ2v) is 5.65. The SMILES string of the molecule is COc1ccc(CC(=O)N(C)c2ccc3c(c2)OCCO3)cc1OC. The number of hydrogen-bond acceptors (Lipinski definition) is 5. The first-order valence-corrected chi connectivity index (χ1v) is 7.99. The molecule has 0 aromatic heterocycles. The van der Waals surface area contributed by atoms with Crippen molar-refractivity contribution in [3.05, 3.63) is 42.0 Å². The highest BCUT2D eigenvalue weighted by molar-refractivity contribution is 5.94. The number of anilines is 1. The van der Waals surface area contributed by atoms with Crippen LogP contribution in [0.3, 0.4) is 0 Å².